The summed E-state index contributed by atoms with van der Waals surface area (Å²) in [5.41, 5.74) is 0. The molecule has 0 saturated heterocycles. The Morgan fingerprint density at radius 3 is 2.05 bits per heavy atom. The van der Waals surface area contributed by atoms with Gasteiger partial charge in [-0.25, -0.2) is 0 Å². The van der Waals surface area contributed by atoms with E-state index in [0.29, 0.717) is 39.1 Å². The number of hydrogen-bond acceptors (Lipinski definition) is 5. The Labute approximate surface area is 117 Å². The van der Waals surface area contributed by atoms with Crippen LogP contribution in [0.5, 0.6) is 0 Å². The molecule has 0 heterocycles. The second-order valence-corrected chi connectivity index (χ2v) is 4.50. The van der Waals surface area contributed by atoms with Crippen molar-refractivity contribution in [3.8, 4) is 0 Å². The molecule has 1 unspecified atom stereocenters. The molecule has 0 bridgehead atoms. The summed E-state index contributed by atoms with van der Waals surface area (Å²) in [5, 5.41) is 3.30. The van der Waals surface area contributed by atoms with E-state index in [1.807, 2.05) is 0 Å². The first-order chi connectivity index (χ1) is 9.31. The molecule has 5 heteroatoms. The zero-order valence-corrected chi connectivity index (χ0v) is 12.8. The minimum atomic E-state index is 0.366. The largest absolute Gasteiger partial charge is 0.383 e. The maximum atomic E-state index is 5.44. The Kier molecular flexibility index (Phi) is 15.7. The average Bonchev–Trinajstić information content (AvgIpc) is 2.40. The Morgan fingerprint density at radius 1 is 0.895 bits per heavy atom. The molecule has 0 spiro atoms. The summed E-state index contributed by atoms with van der Waals surface area (Å²) in [6.07, 6.45) is 2.29. The summed E-state index contributed by atoms with van der Waals surface area (Å²) in [6.45, 7) is 9.93. The maximum absolute atomic E-state index is 5.44. The monoisotopic (exact) mass is 277 g/mol. The van der Waals surface area contributed by atoms with E-state index < -0.39 is 0 Å². The van der Waals surface area contributed by atoms with Crippen molar-refractivity contribution in [2.24, 2.45) is 0 Å². The van der Waals surface area contributed by atoms with Crippen molar-refractivity contribution in [2.45, 2.75) is 32.7 Å². The first kappa shape index (κ1) is 18.8. The maximum Gasteiger partial charge on any atom is 0.0701 e. The van der Waals surface area contributed by atoms with Gasteiger partial charge in [-0.05, 0) is 13.3 Å². The molecule has 0 saturated carbocycles. The molecule has 0 aliphatic carbocycles. The van der Waals surface area contributed by atoms with Gasteiger partial charge in [-0.2, -0.15) is 0 Å². The van der Waals surface area contributed by atoms with E-state index in [-0.39, 0.29) is 0 Å². The van der Waals surface area contributed by atoms with Gasteiger partial charge in [-0.15, -0.1) is 0 Å². The fourth-order valence-electron chi connectivity index (χ4n) is 1.47. The number of rotatable bonds is 15. The fraction of sp³-hybridized carbons (Fsp3) is 1.00. The number of nitrogens with one attached hydrogen (secondary N) is 1. The molecule has 0 aromatic carbocycles. The van der Waals surface area contributed by atoms with Crippen LogP contribution in [0.2, 0.25) is 0 Å². The van der Waals surface area contributed by atoms with Gasteiger partial charge >= 0.3 is 0 Å². The zero-order chi connectivity index (χ0) is 14.2. The van der Waals surface area contributed by atoms with E-state index in [2.05, 4.69) is 19.2 Å². The number of ether oxygens (including phenoxy) is 4. The first-order valence-electron chi connectivity index (χ1n) is 7.26. The Morgan fingerprint density at radius 2 is 1.47 bits per heavy atom. The van der Waals surface area contributed by atoms with Crippen molar-refractivity contribution in [3.05, 3.63) is 0 Å². The standard InChI is InChI=1S/C14H31NO4/c1-4-5-7-17-9-11-19-12-10-18-8-6-15-14(2)13-16-3/h14-15H,4-13H2,1-3H3. The molecular formula is C14H31NO4. The molecule has 1 atom stereocenters. The lowest BCUT2D eigenvalue weighted by atomic mass is 10.3. The minimum Gasteiger partial charge on any atom is -0.383 e. The summed E-state index contributed by atoms with van der Waals surface area (Å²) in [7, 11) is 1.71. The smallest absolute Gasteiger partial charge is 0.0701 e. The second kappa shape index (κ2) is 15.9. The lowest BCUT2D eigenvalue weighted by molar-refractivity contribution is 0.0141. The molecule has 0 aliphatic heterocycles. The highest BCUT2D eigenvalue weighted by Gasteiger charge is 1.98. The number of hydrogen-bond donors (Lipinski definition) is 1. The lowest BCUT2D eigenvalue weighted by Crippen LogP contribution is -2.33. The van der Waals surface area contributed by atoms with Gasteiger partial charge in [0.2, 0.25) is 0 Å². The van der Waals surface area contributed by atoms with Crippen molar-refractivity contribution in [2.75, 3.05) is 59.9 Å². The summed E-state index contributed by atoms with van der Waals surface area (Å²) in [5.74, 6) is 0. The van der Waals surface area contributed by atoms with E-state index in [4.69, 9.17) is 18.9 Å². The van der Waals surface area contributed by atoms with Crippen LogP contribution in [0.1, 0.15) is 26.7 Å². The van der Waals surface area contributed by atoms with Gasteiger partial charge < -0.3 is 24.3 Å². The van der Waals surface area contributed by atoms with Crippen LogP contribution in [0.25, 0.3) is 0 Å². The molecular weight excluding hydrogens is 246 g/mol. The van der Waals surface area contributed by atoms with E-state index in [1.54, 1.807) is 7.11 Å². The van der Waals surface area contributed by atoms with E-state index in [9.17, 15) is 0 Å². The molecule has 5 nitrogen and oxygen atoms in total. The van der Waals surface area contributed by atoms with Crippen LogP contribution in [0.15, 0.2) is 0 Å². The topological polar surface area (TPSA) is 49.0 Å². The van der Waals surface area contributed by atoms with Gasteiger partial charge in [0, 0.05) is 26.3 Å². The average molecular weight is 277 g/mol. The van der Waals surface area contributed by atoms with Crippen LogP contribution in [0.4, 0.5) is 0 Å². The molecule has 116 valence electrons. The van der Waals surface area contributed by atoms with Crippen molar-refractivity contribution < 1.29 is 18.9 Å². The van der Waals surface area contributed by atoms with E-state index in [1.165, 1.54) is 6.42 Å². The predicted molar refractivity (Wildman–Crippen MR) is 76.7 cm³/mol. The Balaban J connectivity index is 2.99. The molecule has 0 aliphatic rings. The van der Waals surface area contributed by atoms with Gasteiger partial charge in [0.1, 0.15) is 0 Å². The van der Waals surface area contributed by atoms with Crippen molar-refractivity contribution >= 4 is 0 Å². The summed E-state index contributed by atoms with van der Waals surface area (Å²) >= 11 is 0. The third-order valence-corrected chi connectivity index (χ3v) is 2.54. The molecule has 1 N–H and O–H groups in total. The van der Waals surface area contributed by atoms with Gasteiger partial charge in [0.15, 0.2) is 0 Å². The van der Waals surface area contributed by atoms with Crippen molar-refractivity contribution in [3.63, 3.8) is 0 Å². The van der Waals surface area contributed by atoms with Crippen LogP contribution in [-0.4, -0.2) is 65.9 Å². The highest BCUT2D eigenvalue weighted by atomic mass is 16.5. The van der Waals surface area contributed by atoms with Crippen LogP contribution in [0, 0.1) is 0 Å². The first-order valence-corrected chi connectivity index (χ1v) is 7.26. The third kappa shape index (κ3) is 15.7. The van der Waals surface area contributed by atoms with Crippen LogP contribution in [0.3, 0.4) is 0 Å². The molecule has 0 amide bonds. The predicted octanol–water partition coefficient (Wildman–Crippen LogP) is 1.46. The van der Waals surface area contributed by atoms with Crippen LogP contribution in [-0.2, 0) is 18.9 Å². The molecule has 0 aromatic rings. The van der Waals surface area contributed by atoms with Crippen LogP contribution >= 0.6 is 0 Å². The van der Waals surface area contributed by atoms with Crippen LogP contribution < -0.4 is 5.32 Å². The SMILES string of the molecule is CCCCOCCOCCOCCNC(C)COC. The third-order valence-electron chi connectivity index (χ3n) is 2.54. The Bertz CT molecular complexity index is 170. The van der Waals surface area contributed by atoms with Crippen molar-refractivity contribution in [1.29, 1.82) is 0 Å². The highest BCUT2D eigenvalue weighted by Crippen LogP contribution is 1.88. The molecule has 0 radical (unpaired) electrons. The molecule has 0 aromatic heterocycles. The number of unbranched alkanes of at least 4 members (excludes halogenated alkanes) is 1. The second-order valence-electron chi connectivity index (χ2n) is 4.50. The molecule has 0 rings (SSSR count). The summed E-state index contributed by atoms with van der Waals surface area (Å²) < 4.78 is 21.2. The van der Waals surface area contributed by atoms with Gasteiger partial charge in [0.25, 0.3) is 0 Å². The quantitative estimate of drug-likeness (QED) is 0.459. The summed E-state index contributed by atoms with van der Waals surface area (Å²) in [6, 6.07) is 0.366. The van der Waals surface area contributed by atoms with Crippen molar-refractivity contribution in [1.82, 2.24) is 5.32 Å². The Hall–Kier alpha value is -0.200. The highest BCUT2D eigenvalue weighted by molar-refractivity contribution is 4.57. The van der Waals surface area contributed by atoms with Gasteiger partial charge in [-0.1, -0.05) is 13.3 Å². The van der Waals surface area contributed by atoms with E-state index >= 15 is 0 Å². The summed E-state index contributed by atoms with van der Waals surface area (Å²) in [4.78, 5) is 0. The normalized spacial score (nSPS) is 12.8. The van der Waals surface area contributed by atoms with E-state index in [0.717, 1.165) is 26.2 Å². The fourth-order valence-corrected chi connectivity index (χ4v) is 1.47. The molecule has 19 heavy (non-hydrogen) atoms. The minimum absolute atomic E-state index is 0.366. The zero-order valence-electron chi connectivity index (χ0n) is 12.8. The lowest BCUT2D eigenvalue weighted by Gasteiger charge is -2.12. The van der Waals surface area contributed by atoms with Gasteiger partial charge in [0.05, 0.1) is 39.6 Å². The molecule has 0 fully saturated rings. The number of methoxy groups -OCH3 is 1. The van der Waals surface area contributed by atoms with Gasteiger partial charge in [-0.3, -0.25) is 0 Å².